The second kappa shape index (κ2) is 16.5. The lowest BCUT2D eigenvalue weighted by molar-refractivity contribution is 0.661. The van der Waals surface area contributed by atoms with Crippen molar-refractivity contribution in [3.8, 4) is 0 Å². The molecule has 0 N–H and O–H groups in total. The van der Waals surface area contributed by atoms with Crippen molar-refractivity contribution >= 4 is 11.8 Å². The minimum Gasteiger partial charge on any atom is -0.155 e. The van der Waals surface area contributed by atoms with E-state index in [1.807, 2.05) is 0 Å². The Bertz CT molecular complexity index is 997. The summed E-state index contributed by atoms with van der Waals surface area (Å²) < 4.78 is 0. The van der Waals surface area contributed by atoms with Gasteiger partial charge >= 0.3 is 0 Å². The highest BCUT2D eigenvalue weighted by Gasteiger charge is 2.09. The molecular formula is C34H52N2. The Morgan fingerprint density at radius 2 is 1.31 bits per heavy atom. The van der Waals surface area contributed by atoms with Crippen molar-refractivity contribution in [2.45, 2.75) is 132 Å². The number of unbranched alkanes of at least 4 members (excludes halogenated alkanes) is 5. The van der Waals surface area contributed by atoms with Crippen LogP contribution < -0.4 is 0 Å². The molecule has 0 aliphatic heterocycles. The summed E-state index contributed by atoms with van der Waals surface area (Å²) in [6.45, 7) is 15.8. The first-order valence-electron chi connectivity index (χ1n) is 14.8. The molecule has 2 aromatic rings. The highest BCUT2D eigenvalue weighted by atomic mass is 15.1. The monoisotopic (exact) mass is 488 g/mol. The zero-order chi connectivity index (χ0) is 26.3. The third kappa shape index (κ3) is 9.34. The van der Waals surface area contributed by atoms with Gasteiger partial charge in [0.05, 0.1) is 11.4 Å². The Balaban J connectivity index is 2.32. The van der Waals surface area contributed by atoms with Crippen LogP contribution in [0.25, 0.3) is 6.08 Å². The maximum Gasteiger partial charge on any atom is 0.0862 e. The summed E-state index contributed by atoms with van der Waals surface area (Å²) in [5.74, 6) is 0. The second-order valence-electron chi connectivity index (χ2n) is 10.4. The SMILES string of the molecule is CCCCCCc1c(C)cc(C=C(CC)N=Nc2cc(C)c(CC)c(CCCC)c2)cc1CCCC. The number of allylic oxidation sites excluding steroid dienone is 1. The first kappa shape index (κ1) is 30.0. The number of hydrogen-bond acceptors (Lipinski definition) is 2. The molecule has 0 unspecified atom stereocenters. The Labute approximate surface area is 222 Å². The zero-order valence-corrected chi connectivity index (χ0v) is 24.5. The van der Waals surface area contributed by atoms with Crippen LogP contribution in [-0.2, 0) is 25.7 Å². The van der Waals surface area contributed by atoms with E-state index in [0.29, 0.717) is 0 Å². The molecule has 0 spiro atoms. The number of azo groups is 1. The number of aryl methyl sites for hydroxylation is 4. The molecule has 0 saturated heterocycles. The van der Waals surface area contributed by atoms with Gasteiger partial charge in [0.2, 0.25) is 0 Å². The van der Waals surface area contributed by atoms with Crippen molar-refractivity contribution < 1.29 is 0 Å². The fourth-order valence-corrected chi connectivity index (χ4v) is 5.22. The lowest BCUT2D eigenvalue weighted by atomic mass is 9.91. The molecule has 0 aromatic heterocycles. The van der Waals surface area contributed by atoms with E-state index in [4.69, 9.17) is 10.2 Å². The highest BCUT2D eigenvalue weighted by molar-refractivity contribution is 5.57. The Hall–Kier alpha value is -2.22. The summed E-state index contributed by atoms with van der Waals surface area (Å²) in [5.41, 5.74) is 12.1. The molecule has 2 rings (SSSR count). The Morgan fingerprint density at radius 1 is 0.667 bits per heavy atom. The molecule has 0 fully saturated rings. The van der Waals surface area contributed by atoms with Crippen LogP contribution >= 0.6 is 0 Å². The molecule has 0 radical (unpaired) electrons. The van der Waals surface area contributed by atoms with Crippen LogP contribution in [0.3, 0.4) is 0 Å². The molecule has 0 heterocycles. The third-order valence-electron chi connectivity index (χ3n) is 7.36. The Morgan fingerprint density at radius 3 is 1.92 bits per heavy atom. The predicted molar refractivity (Wildman–Crippen MR) is 160 cm³/mol. The van der Waals surface area contributed by atoms with E-state index in [-0.39, 0.29) is 0 Å². The molecule has 2 heteroatoms. The second-order valence-corrected chi connectivity index (χ2v) is 10.4. The van der Waals surface area contributed by atoms with Gasteiger partial charge in [-0.15, -0.1) is 0 Å². The standard InChI is InChI=1S/C34H52N2/c1-8-13-16-17-20-34-26(6)21-28(23-29(34)18-14-9-2)24-31(11-4)35-36-32-22-27(7)33(12-5)30(25-32)19-15-10-3/h21-25H,8-20H2,1-7H3. The summed E-state index contributed by atoms with van der Waals surface area (Å²) in [6.07, 6.45) is 17.9. The first-order chi connectivity index (χ1) is 17.5. The van der Waals surface area contributed by atoms with E-state index < -0.39 is 0 Å². The normalized spacial score (nSPS) is 12.1. The van der Waals surface area contributed by atoms with Crippen LogP contribution in [0.5, 0.6) is 0 Å². The maximum atomic E-state index is 4.73. The fraction of sp³-hybridized carbons (Fsp3) is 0.588. The molecule has 198 valence electrons. The number of nitrogens with zero attached hydrogens (tertiary/aromatic N) is 2. The van der Waals surface area contributed by atoms with Crippen LogP contribution in [0.15, 0.2) is 40.2 Å². The van der Waals surface area contributed by atoms with Gasteiger partial charge in [0, 0.05) is 0 Å². The lowest BCUT2D eigenvalue weighted by Crippen LogP contribution is -2.00. The number of rotatable bonds is 16. The molecule has 0 atom stereocenters. The highest BCUT2D eigenvalue weighted by Crippen LogP contribution is 2.27. The molecule has 0 aliphatic rings. The Kier molecular flexibility index (Phi) is 13.8. The molecule has 0 aliphatic carbocycles. The molecule has 0 saturated carbocycles. The maximum absolute atomic E-state index is 4.73. The summed E-state index contributed by atoms with van der Waals surface area (Å²) in [4.78, 5) is 0. The van der Waals surface area contributed by atoms with E-state index in [9.17, 15) is 0 Å². The summed E-state index contributed by atoms with van der Waals surface area (Å²) in [6, 6.07) is 9.24. The van der Waals surface area contributed by atoms with Crippen molar-refractivity contribution in [3.05, 3.63) is 68.9 Å². The molecule has 2 nitrogen and oxygen atoms in total. The quantitative estimate of drug-likeness (QED) is 0.166. The van der Waals surface area contributed by atoms with Crippen LogP contribution in [0.2, 0.25) is 0 Å². The average Bonchev–Trinajstić information content (AvgIpc) is 2.87. The van der Waals surface area contributed by atoms with Gasteiger partial charge in [-0.2, -0.15) is 10.2 Å². The number of benzene rings is 2. The van der Waals surface area contributed by atoms with Gasteiger partial charge in [0.25, 0.3) is 0 Å². The van der Waals surface area contributed by atoms with Crippen LogP contribution in [-0.4, -0.2) is 0 Å². The summed E-state index contributed by atoms with van der Waals surface area (Å²) >= 11 is 0. The average molecular weight is 489 g/mol. The topological polar surface area (TPSA) is 24.7 Å². The molecular weight excluding hydrogens is 436 g/mol. The van der Waals surface area contributed by atoms with Gasteiger partial charge in [-0.3, -0.25) is 0 Å². The molecule has 0 bridgehead atoms. The van der Waals surface area contributed by atoms with Crippen LogP contribution in [0.4, 0.5) is 5.69 Å². The van der Waals surface area contributed by atoms with E-state index in [1.54, 1.807) is 11.1 Å². The first-order valence-corrected chi connectivity index (χ1v) is 14.8. The zero-order valence-electron chi connectivity index (χ0n) is 24.5. The third-order valence-corrected chi connectivity index (χ3v) is 7.36. The van der Waals surface area contributed by atoms with Crippen molar-refractivity contribution in [1.82, 2.24) is 0 Å². The fourth-order valence-electron chi connectivity index (χ4n) is 5.22. The van der Waals surface area contributed by atoms with Crippen LogP contribution in [0, 0.1) is 13.8 Å². The van der Waals surface area contributed by atoms with Crippen molar-refractivity contribution in [3.63, 3.8) is 0 Å². The number of hydrogen-bond donors (Lipinski definition) is 0. The lowest BCUT2D eigenvalue weighted by Gasteiger charge is -2.15. The predicted octanol–water partition coefficient (Wildman–Crippen LogP) is 11.2. The molecule has 0 amide bonds. The van der Waals surface area contributed by atoms with E-state index in [0.717, 1.165) is 30.6 Å². The largest absolute Gasteiger partial charge is 0.155 e. The van der Waals surface area contributed by atoms with E-state index >= 15 is 0 Å². The summed E-state index contributed by atoms with van der Waals surface area (Å²) in [5, 5.41) is 9.43. The van der Waals surface area contributed by atoms with Crippen molar-refractivity contribution in [1.29, 1.82) is 0 Å². The smallest absolute Gasteiger partial charge is 0.0862 e. The van der Waals surface area contributed by atoms with E-state index in [1.165, 1.54) is 92.0 Å². The van der Waals surface area contributed by atoms with Crippen molar-refractivity contribution in [2.24, 2.45) is 10.2 Å². The van der Waals surface area contributed by atoms with Gasteiger partial charge in [-0.25, -0.2) is 0 Å². The molecule has 36 heavy (non-hydrogen) atoms. The van der Waals surface area contributed by atoms with Gasteiger partial charge in [0.1, 0.15) is 0 Å². The minimum absolute atomic E-state index is 0.875. The van der Waals surface area contributed by atoms with Gasteiger partial charge in [-0.05, 0) is 122 Å². The van der Waals surface area contributed by atoms with Crippen molar-refractivity contribution in [2.75, 3.05) is 0 Å². The van der Waals surface area contributed by atoms with E-state index in [2.05, 4.69) is 78.8 Å². The van der Waals surface area contributed by atoms with Gasteiger partial charge in [0.15, 0.2) is 0 Å². The summed E-state index contributed by atoms with van der Waals surface area (Å²) in [7, 11) is 0. The van der Waals surface area contributed by atoms with Crippen LogP contribution in [0.1, 0.15) is 131 Å². The van der Waals surface area contributed by atoms with Gasteiger partial charge < -0.3 is 0 Å². The minimum atomic E-state index is 0.875. The van der Waals surface area contributed by atoms with Gasteiger partial charge in [-0.1, -0.05) is 78.9 Å². The molecule has 2 aromatic carbocycles.